The lowest BCUT2D eigenvalue weighted by Crippen LogP contribution is -2.14. The molecule has 0 spiro atoms. The standard InChI is InChI=1S/C10H11N3O/c1-6-12-10(14)8-4-3-7(11)5-9(8)13(6)2/h3-5H,11H2,1-2H3. The molecule has 0 saturated carbocycles. The van der Waals surface area contributed by atoms with Crippen LogP contribution in [0.1, 0.15) is 5.82 Å². The second-order valence-corrected chi connectivity index (χ2v) is 3.30. The number of rotatable bonds is 0. The molecule has 0 aliphatic carbocycles. The van der Waals surface area contributed by atoms with Crippen molar-refractivity contribution in [1.82, 2.24) is 9.55 Å². The zero-order valence-corrected chi connectivity index (χ0v) is 8.11. The van der Waals surface area contributed by atoms with Gasteiger partial charge in [-0.25, -0.2) is 0 Å². The van der Waals surface area contributed by atoms with Crippen molar-refractivity contribution in [2.75, 3.05) is 5.73 Å². The van der Waals surface area contributed by atoms with Gasteiger partial charge in [0.1, 0.15) is 5.82 Å². The average Bonchev–Trinajstić information content (AvgIpc) is 2.14. The Morgan fingerprint density at radius 1 is 1.43 bits per heavy atom. The van der Waals surface area contributed by atoms with Gasteiger partial charge in [0, 0.05) is 12.7 Å². The summed E-state index contributed by atoms with van der Waals surface area (Å²) in [6, 6.07) is 5.20. The van der Waals surface area contributed by atoms with Crippen LogP contribution in [-0.2, 0) is 7.05 Å². The monoisotopic (exact) mass is 189 g/mol. The van der Waals surface area contributed by atoms with E-state index in [9.17, 15) is 4.79 Å². The molecular weight excluding hydrogens is 178 g/mol. The summed E-state index contributed by atoms with van der Waals surface area (Å²) in [5.41, 5.74) is 6.93. The fraction of sp³-hybridized carbons (Fsp3) is 0.200. The highest BCUT2D eigenvalue weighted by Crippen LogP contribution is 2.13. The molecule has 72 valence electrons. The summed E-state index contributed by atoms with van der Waals surface area (Å²) in [5, 5.41) is 0.604. The van der Waals surface area contributed by atoms with Crippen LogP contribution in [-0.4, -0.2) is 9.55 Å². The molecule has 0 aliphatic heterocycles. The number of fused-ring (bicyclic) bond motifs is 1. The molecule has 0 unspecified atom stereocenters. The molecule has 0 fully saturated rings. The van der Waals surface area contributed by atoms with Crippen LogP contribution >= 0.6 is 0 Å². The third-order valence-corrected chi connectivity index (χ3v) is 2.36. The summed E-state index contributed by atoms with van der Waals surface area (Å²) < 4.78 is 1.85. The smallest absolute Gasteiger partial charge is 0.280 e. The van der Waals surface area contributed by atoms with E-state index in [-0.39, 0.29) is 5.56 Å². The molecule has 1 heterocycles. The summed E-state index contributed by atoms with van der Waals surface area (Å²) in [6.07, 6.45) is 0. The molecular formula is C10H11N3O. The van der Waals surface area contributed by atoms with Crippen LogP contribution in [0.25, 0.3) is 10.9 Å². The van der Waals surface area contributed by atoms with Gasteiger partial charge in [-0.2, -0.15) is 4.98 Å². The van der Waals surface area contributed by atoms with Gasteiger partial charge < -0.3 is 10.3 Å². The molecule has 2 rings (SSSR count). The summed E-state index contributed by atoms with van der Waals surface area (Å²) >= 11 is 0. The van der Waals surface area contributed by atoms with Crippen molar-refractivity contribution in [2.45, 2.75) is 6.92 Å². The SMILES string of the molecule is Cc1nc(=O)c2ccc(N)cc2n1C. The summed E-state index contributed by atoms with van der Waals surface area (Å²) in [5.74, 6) is 0.688. The van der Waals surface area contributed by atoms with Gasteiger partial charge in [-0.15, -0.1) is 0 Å². The first-order chi connectivity index (χ1) is 6.59. The first kappa shape index (κ1) is 8.74. The van der Waals surface area contributed by atoms with Crippen LogP contribution in [0.3, 0.4) is 0 Å². The third kappa shape index (κ3) is 1.16. The largest absolute Gasteiger partial charge is 0.399 e. The van der Waals surface area contributed by atoms with E-state index in [0.29, 0.717) is 16.9 Å². The van der Waals surface area contributed by atoms with Crippen molar-refractivity contribution in [3.63, 3.8) is 0 Å². The minimum absolute atomic E-state index is 0.199. The summed E-state index contributed by atoms with van der Waals surface area (Å²) in [7, 11) is 1.86. The van der Waals surface area contributed by atoms with Crippen LogP contribution < -0.4 is 11.3 Å². The number of nitrogen functional groups attached to an aromatic ring is 1. The minimum atomic E-state index is -0.199. The molecule has 0 aliphatic rings. The van der Waals surface area contributed by atoms with Crippen LogP contribution in [0.4, 0.5) is 5.69 Å². The topological polar surface area (TPSA) is 60.9 Å². The molecule has 1 aromatic heterocycles. The minimum Gasteiger partial charge on any atom is -0.399 e. The molecule has 2 N–H and O–H groups in total. The first-order valence-corrected chi connectivity index (χ1v) is 4.32. The normalized spacial score (nSPS) is 10.7. The number of hydrogen-bond donors (Lipinski definition) is 1. The highest BCUT2D eigenvalue weighted by molar-refractivity contribution is 5.81. The zero-order chi connectivity index (χ0) is 10.3. The first-order valence-electron chi connectivity index (χ1n) is 4.32. The number of nitrogens with two attached hydrogens (primary N) is 1. The van der Waals surface area contributed by atoms with Gasteiger partial charge >= 0.3 is 0 Å². The molecule has 4 heteroatoms. The average molecular weight is 189 g/mol. The van der Waals surface area contributed by atoms with Gasteiger partial charge in [0.15, 0.2) is 0 Å². The number of nitrogens with zero attached hydrogens (tertiary/aromatic N) is 2. The van der Waals surface area contributed by atoms with E-state index in [1.54, 1.807) is 25.1 Å². The van der Waals surface area contributed by atoms with E-state index in [1.165, 1.54) is 0 Å². The quantitative estimate of drug-likeness (QED) is 0.624. The Morgan fingerprint density at radius 2 is 2.14 bits per heavy atom. The Bertz CT molecular complexity index is 557. The maximum Gasteiger partial charge on any atom is 0.280 e. The molecule has 0 bridgehead atoms. The molecule has 0 amide bonds. The predicted octanol–water partition coefficient (Wildman–Crippen LogP) is 0.824. The number of benzene rings is 1. The Morgan fingerprint density at radius 3 is 2.86 bits per heavy atom. The van der Waals surface area contributed by atoms with Crippen molar-refractivity contribution >= 4 is 16.6 Å². The molecule has 4 nitrogen and oxygen atoms in total. The van der Waals surface area contributed by atoms with Crippen molar-refractivity contribution in [1.29, 1.82) is 0 Å². The highest BCUT2D eigenvalue weighted by Gasteiger charge is 2.04. The van der Waals surface area contributed by atoms with Crippen molar-refractivity contribution in [3.8, 4) is 0 Å². The second-order valence-electron chi connectivity index (χ2n) is 3.30. The Labute approximate surface area is 81.0 Å². The van der Waals surface area contributed by atoms with Gasteiger partial charge in [-0.05, 0) is 25.1 Å². The lowest BCUT2D eigenvalue weighted by atomic mass is 10.2. The molecule has 0 radical (unpaired) electrons. The Kier molecular flexibility index (Phi) is 1.77. The van der Waals surface area contributed by atoms with E-state index in [0.717, 1.165) is 5.52 Å². The number of aromatic nitrogens is 2. The molecule has 0 atom stereocenters. The van der Waals surface area contributed by atoms with Gasteiger partial charge in [0.05, 0.1) is 10.9 Å². The van der Waals surface area contributed by atoms with Crippen molar-refractivity contribution < 1.29 is 0 Å². The summed E-state index contributed by atoms with van der Waals surface area (Å²) in [4.78, 5) is 15.4. The maximum absolute atomic E-state index is 11.5. The molecule has 0 saturated heterocycles. The van der Waals surface area contributed by atoms with Crippen molar-refractivity contribution in [3.05, 3.63) is 34.4 Å². The zero-order valence-electron chi connectivity index (χ0n) is 8.11. The van der Waals surface area contributed by atoms with Gasteiger partial charge in [-0.1, -0.05) is 0 Å². The van der Waals surface area contributed by atoms with Crippen LogP contribution in [0.2, 0.25) is 0 Å². The lowest BCUT2D eigenvalue weighted by molar-refractivity contribution is 0.839. The summed E-state index contributed by atoms with van der Waals surface area (Å²) in [6.45, 7) is 1.80. The number of aryl methyl sites for hydroxylation is 2. The lowest BCUT2D eigenvalue weighted by Gasteiger charge is -2.07. The molecule has 2 aromatic rings. The highest BCUT2D eigenvalue weighted by atomic mass is 16.1. The van der Waals surface area contributed by atoms with Crippen LogP contribution in [0.5, 0.6) is 0 Å². The van der Waals surface area contributed by atoms with Crippen LogP contribution in [0.15, 0.2) is 23.0 Å². The Balaban J connectivity index is 3.03. The molecule has 14 heavy (non-hydrogen) atoms. The van der Waals surface area contributed by atoms with E-state index >= 15 is 0 Å². The molecule has 1 aromatic carbocycles. The van der Waals surface area contributed by atoms with Crippen LogP contribution in [0, 0.1) is 6.92 Å². The maximum atomic E-state index is 11.5. The van der Waals surface area contributed by atoms with E-state index < -0.39 is 0 Å². The van der Waals surface area contributed by atoms with Gasteiger partial charge in [-0.3, -0.25) is 4.79 Å². The fourth-order valence-electron chi connectivity index (χ4n) is 1.46. The fourth-order valence-corrected chi connectivity index (χ4v) is 1.46. The predicted molar refractivity (Wildman–Crippen MR) is 56.1 cm³/mol. The third-order valence-electron chi connectivity index (χ3n) is 2.36. The van der Waals surface area contributed by atoms with E-state index in [4.69, 9.17) is 5.73 Å². The van der Waals surface area contributed by atoms with Gasteiger partial charge in [0.2, 0.25) is 0 Å². The number of anilines is 1. The van der Waals surface area contributed by atoms with Gasteiger partial charge in [0.25, 0.3) is 5.56 Å². The van der Waals surface area contributed by atoms with E-state index in [2.05, 4.69) is 4.98 Å². The van der Waals surface area contributed by atoms with Crippen molar-refractivity contribution in [2.24, 2.45) is 7.05 Å². The number of hydrogen-bond acceptors (Lipinski definition) is 3. The second kappa shape index (κ2) is 2.83. The van der Waals surface area contributed by atoms with E-state index in [1.807, 2.05) is 11.6 Å². The Hall–Kier alpha value is -1.84.